The van der Waals surface area contributed by atoms with E-state index in [0.717, 1.165) is 11.1 Å². The Labute approximate surface area is 235 Å². The monoisotopic (exact) mass is 566 g/mol. The van der Waals surface area contributed by atoms with Crippen LogP contribution in [0.2, 0.25) is 0 Å². The number of alkyl halides is 4. The second kappa shape index (κ2) is 11.2. The van der Waals surface area contributed by atoms with Gasteiger partial charge in [-0.15, -0.1) is 5.10 Å². The normalized spacial score (nSPS) is 21.8. The van der Waals surface area contributed by atoms with E-state index < -0.39 is 18.2 Å². The smallest absolute Gasteiger partial charge is 0.453 e. The summed E-state index contributed by atoms with van der Waals surface area (Å²) in [7, 11) is 1.53. The van der Waals surface area contributed by atoms with Crippen molar-refractivity contribution in [2.45, 2.75) is 43.3 Å². The number of nitrogens with zero attached hydrogens (tertiary/aromatic N) is 6. The zero-order valence-electron chi connectivity index (χ0n) is 22.5. The van der Waals surface area contributed by atoms with Crippen molar-refractivity contribution < 1.29 is 22.3 Å². The van der Waals surface area contributed by atoms with Crippen molar-refractivity contribution in [1.82, 2.24) is 30.0 Å². The van der Waals surface area contributed by atoms with Gasteiger partial charge in [-0.05, 0) is 46.2 Å². The minimum absolute atomic E-state index is 0.00942. The number of hydrogen-bond donors (Lipinski definition) is 0. The Bertz CT molecular complexity index is 1430. The van der Waals surface area contributed by atoms with Crippen LogP contribution in [-0.2, 0) is 12.7 Å². The van der Waals surface area contributed by atoms with E-state index in [1.165, 1.54) is 13.2 Å². The summed E-state index contributed by atoms with van der Waals surface area (Å²) in [4.78, 5) is 4.57. The molecule has 4 aromatic rings. The lowest BCUT2D eigenvalue weighted by Crippen LogP contribution is -2.58. The molecule has 6 rings (SSSR count). The number of halogens is 4. The van der Waals surface area contributed by atoms with Gasteiger partial charge in [-0.3, -0.25) is 9.80 Å². The number of methoxy groups -OCH3 is 1. The lowest BCUT2D eigenvalue weighted by atomic mass is 9.82. The SMILES string of the molecule is COc1ccc(-n2nnnc2C(F)(F)F)cc1CN1C[C@@H]2C[C@@H](F)CN2[C@H](C(c2ccccc2)c2ccccc2)C1. The Morgan fingerprint density at radius 3 is 2.24 bits per heavy atom. The molecule has 0 unspecified atom stereocenters. The van der Waals surface area contributed by atoms with Crippen molar-refractivity contribution in [2.24, 2.45) is 0 Å². The minimum atomic E-state index is -4.71. The predicted octanol–water partition coefficient (Wildman–Crippen LogP) is 5.12. The largest absolute Gasteiger partial charge is 0.496 e. The fourth-order valence-corrected chi connectivity index (χ4v) is 6.39. The number of ether oxygens (including phenoxy) is 1. The van der Waals surface area contributed by atoms with Gasteiger partial charge < -0.3 is 4.74 Å². The molecule has 0 bridgehead atoms. The maximum atomic E-state index is 14.9. The molecule has 2 fully saturated rings. The fraction of sp³-hybridized carbons (Fsp3) is 0.367. The van der Waals surface area contributed by atoms with Crippen LogP contribution in [0.3, 0.4) is 0 Å². The molecule has 2 aliphatic heterocycles. The molecule has 0 aliphatic carbocycles. The third kappa shape index (κ3) is 5.56. The molecule has 0 amide bonds. The van der Waals surface area contributed by atoms with Gasteiger partial charge in [-0.25, -0.2) is 4.39 Å². The minimum Gasteiger partial charge on any atom is -0.496 e. The van der Waals surface area contributed by atoms with Crippen LogP contribution in [0.15, 0.2) is 78.9 Å². The molecule has 11 heteroatoms. The zero-order valence-corrected chi connectivity index (χ0v) is 22.5. The lowest BCUT2D eigenvalue weighted by molar-refractivity contribution is -0.146. The number of piperazine rings is 1. The van der Waals surface area contributed by atoms with E-state index in [-0.39, 0.29) is 23.7 Å². The van der Waals surface area contributed by atoms with Crippen LogP contribution in [0.25, 0.3) is 5.69 Å². The fourth-order valence-electron chi connectivity index (χ4n) is 6.39. The van der Waals surface area contributed by atoms with Gasteiger partial charge in [0.25, 0.3) is 5.82 Å². The number of aromatic nitrogens is 4. The first-order chi connectivity index (χ1) is 19.8. The summed E-state index contributed by atoms with van der Waals surface area (Å²) in [6.07, 6.45) is -5.17. The number of hydrogen-bond acceptors (Lipinski definition) is 6. The van der Waals surface area contributed by atoms with Crippen LogP contribution < -0.4 is 4.74 Å². The number of benzene rings is 3. The van der Waals surface area contributed by atoms with Crippen molar-refractivity contribution in [1.29, 1.82) is 0 Å². The van der Waals surface area contributed by atoms with E-state index in [4.69, 9.17) is 4.74 Å². The standard InChI is InChI=1S/C30H30F4N6O/c1-41-27-13-12-24(40-29(30(32,33)34)35-36-37-40)14-22(27)16-38-18-25-15-23(31)17-39(25)26(19-38)28(20-8-4-2-5-9-20)21-10-6-3-7-11-21/h2-14,23,25-26,28H,15-19H2,1H3/t23-,25+,26+/m1/s1. The molecule has 0 radical (unpaired) electrons. The molecule has 41 heavy (non-hydrogen) atoms. The van der Waals surface area contributed by atoms with E-state index in [0.29, 0.717) is 48.6 Å². The highest BCUT2D eigenvalue weighted by Gasteiger charge is 2.45. The van der Waals surface area contributed by atoms with Crippen LogP contribution in [-0.4, -0.2) is 75.0 Å². The van der Waals surface area contributed by atoms with E-state index in [1.807, 2.05) is 36.4 Å². The van der Waals surface area contributed by atoms with Gasteiger partial charge in [-0.2, -0.15) is 17.9 Å². The molecule has 214 valence electrons. The summed E-state index contributed by atoms with van der Waals surface area (Å²) >= 11 is 0. The van der Waals surface area contributed by atoms with Crippen molar-refractivity contribution in [3.63, 3.8) is 0 Å². The highest BCUT2D eigenvalue weighted by molar-refractivity contribution is 5.44. The molecule has 0 N–H and O–H groups in total. The molecular formula is C30H30F4N6O. The lowest BCUT2D eigenvalue weighted by Gasteiger charge is -2.47. The van der Waals surface area contributed by atoms with Crippen LogP contribution in [0.5, 0.6) is 5.75 Å². The molecule has 3 heterocycles. The first kappa shape index (κ1) is 27.3. The highest BCUT2D eigenvalue weighted by Crippen LogP contribution is 2.39. The summed E-state index contributed by atoms with van der Waals surface area (Å²) in [6, 6.07) is 25.3. The summed E-state index contributed by atoms with van der Waals surface area (Å²) in [6.45, 7) is 2.08. The maximum absolute atomic E-state index is 14.9. The van der Waals surface area contributed by atoms with E-state index in [2.05, 4.69) is 49.6 Å². The average molecular weight is 567 g/mol. The Kier molecular flexibility index (Phi) is 7.48. The molecular weight excluding hydrogens is 536 g/mol. The number of rotatable bonds is 7. The summed E-state index contributed by atoms with van der Waals surface area (Å²) in [5.41, 5.74) is 3.20. The van der Waals surface area contributed by atoms with Gasteiger partial charge in [0.2, 0.25) is 0 Å². The Balaban J connectivity index is 1.35. The van der Waals surface area contributed by atoms with Gasteiger partial charge in [0.1, 0.15) is 11.9 Å². The second-order valence-corrected chi connectivity index (χ2v) is 10.7. The van der Waals surface area contributed by atoms with Gasteiger partial charge in [0.05, 0.1) is 12.8 Å². The van der Waals surface area contributed by atoms with Crippen LogP contribution in [0.1, 0.15) is 34.9 Å². The summed E-state index contributed by atoms with van der Waals surface area (Å²) < 4.78 is 61.7. The second-order valence-electron chi connectivity index (χ2n) is 10.7. The molecule has 0 saturated carbocycles. The van der Waals surface area contributed by atoms with Crippen molar-refractivity contribution in [2.75, 3.05) is 26.7 Å². The summed E-state index contributed by atoms with van der Waals surface area (Å²) in [5.74, 6) is -0.639. The first-order valence-electron chi connectivity index (χ1n) is 13.6. The molecule has 7 nitrogen and oxygen atoms in total. The maximum Gasteiger partial charge on any atom is 0.453 e. The number of tetrazole rings is 1. The Morgan fingerprint density at radius 1 is 0.927 bits per heavy atom. The van der Waals surface area contributed by atoms with Crippen molar-refractivity contribution in [3.05, 3.63) is 101 Å². The van der Waals surface area contributed by atoms with Crippen molar-refractivity contribution in [3.8, 4) is 11.4 Å². The molecule has 1 aromatic heterocycles. The van der Waals surface area contributed by atoms with Gasteiger partial charge in [0.15, 0.2) is 0 Å². The molecule has 3 aromatic carbocycles. The topological polar surface area (TPSA) is 59.3 Å². The molecule has 0 spiro atoms. The molecule has 3 atom stereocenters. The molecule has 2 saturated heterocycles. The molecule has 2 aliphatic rings. The Hall–Kier alpha value is -3.83. The van der Waals surface area contributed by atoms with Crippen LogP contribution in [0, 0.1) is 0 Å². The van der Waals surface area contributed by atoms with E-state index in [1.54, 1.807) is 12.1 Å². The van der Waals surface area contributed by atoms with Gasteiger partial charge in [0, 0.05) is 49.7 Å². The van der Waals surface area contributed by atoms with E-state index >= 15 is 0 Å². The van der Waals surface area contributed by atoms with Gasteiger partial charge in [-0.1, -0.05) is 60.7 Å². The highest BCUT2D eigenvalue weighted by atomic mass is 19.4. The third-order valence-corrected chi connectivity index (χ3v) is 8.07. The van der Waals surface area contributed by atoms with Gasteiger partial charge >= 0.3 is 6.18 Å². The quantitative estimate of drug-likeness (QED) is 0.290. The van der Waals surface area contributed by atoms with E-state index in [9.17, 15) is 17.6 Å². The van der Waals surface area contributed by atoms with Crippen molar-refractivity contribution >= 4 is 0 Å². The third-order valence-electron chi connectivity index (χ3n) is 8.07. The Morgan fingerprint density at radius 2 is 1.61 bits per heavy atom. The first-order valence-corrected chi connectivity index (χ1v) is 13.6. The van der Waals surface area contributed by atoms with Crippen LogP contribution >= 0.6 is 0 Å². The summed E-state index contributed by atoms with van der Waals surface area (Å²) in [5, 5.41) is 10.0. The predicted molar refractivity (Wildman–Crippen MR) is 145 cm³/mol. The average Bonchev–Trinajstić information content (AvgIpc) is 3.61. The zero-order chi connectivity index (χ0) is 28.6. The van der Waals surface area contributed by atoms with Crippen LogP contribution in [0.4, 0.5) is 17.6 Å². The number of fused-ring (bicyclic) bond motifs is 1.